The molecule has 218 valence electrons. The third-order valence-corrected chi connectivity index (χ3v) is 8.77. The maximum atomic E-state index is 14.6. The molecule has 0 amide bonds. The number of halogens is 1. The Hall–Kier alpha value is -4.76. The summed E-state index contributed by atoms with van der Waals surface area (Å²) in [7, 11) is 1.58. The summed E-state index contributed by atoms with van der Waals surface area (Å²) in [6, 6.07) is 21.2. The van der Waals surface area contributed by atoms with Crippen LogP contribution in [0.15, 0.2) is 93.9 Å². The highest BCUT2D eigenvalue weighted by atomic mass is 32.1. The standard InChI is InChI=1S/C34H30FN3O4S/c1-5-42-33(40)30-20(2)36-34-38(31(30)22-14-16-24(41-4)17-15-22)32(39)29(43-34)18-26-21(3)37(28-13-9-7-11-25(26)28)19-23-10-6-8-12-27(23)35/h6-18,31H,5,19H2,1-4H3/b29-18-/t31-/m0/s1. The van der Waals surface area contributed by atoms with E-state index in [1.165, 1.54) is 17.4 Å². The lowest BCUT2D eigenvalue weighted by Crippen LogP contribution is -2.39. The predicted octanol–water partition coefficient (Wildman–Crippen LogP) is 5.26. The molecule has 3 heterocycles. The lowest BCUT2D eigenvalue weighted by molar-refractivity contribution is -0.139. The molecule has 1 aliphatic rings. The molecule has 9 heteroatoms. The number of hydrogen-bond acceptors (Lipinski definition) is 6. The second-order valence-electron chi connectivity index (χ2n) is 10.3. The van der Waals surface area contributed by atoms with Gasteiger partial charge in [-0.1, -0.05) is 59.9 Å². The van der Waals surface area contributed by atoms with Crippen molar-refractivity contribution >= 4 is 34.3 Å². The number of esters is 1. The van der Waals surface area contributed by atoms with Crippen LogP contribution in [-0.4, -0.2) is 28.8 Å². The Morgan fingerprint density at radius 3 is 2.49 bits per heavy atom. The van der Waals surface area contributed by atoms with Crippen LogP contribution in [0.1, 0.15) is 42.3 Å². The zero-order valence-electron chi connectivity index (χ0n) is 24.3. The summed E-state index contributed by atoms with van der Waals surface area (Å²) in [5.41, 5.74) is 4.61. The summed E-state index contributed by atoms with van der Waals surface area (Å²) in [5, 5.41) is 0.956. The van der Waals surface area contributed by atoms with Gasteiger partial charge in [-0.05, 0) is 56.7 Å². The average molecular weight is 596 g/mol. The number of hydrogen-bond donors (Lipinski definition) is 0. The Balaban J connectivity index is 1.54. The summed E-state index contributed by atoms with van der Waals surface area (Å²) >= 11 is 1.27. The number of carbonyl (C=O) groups excluding carboxylic acids is 1. The van der Waals surface area contributed by atoms with E-state index >= 15 is 0 Å². The van der Waals surface area contributed by atoms with Crippen LogP contribution in [0.25, 0.3) is 17.0 Å². The van der Waals surface area contributed by atoms with E-state index in [1.807, 2.05) is 55.5 Å². The first-order chi connectivity index (χ1) is 20.8. The second-order valence-corrected chi connectivity index (χ2v) is 11.3. The maximum absolute atomic E-state index is 14.6. The van der Waals surface area contributed by atoms with Gasteiger partial charge in [-0.2, -0.15) is 0 Å². The molecule has 0 fully saturated rings. The third kappa shape index (κ3) is 4.99. The molecule has 5 aromatic rings. The Labute approximate surface area is 251 Å². The number of nitrogens with zero attached hydrogens (tertiary/aromatic N) is 3. The zero-order chi connectivity index (χ0) is 30.2. The van der Waals surface area contributed by atoms with E-state index in [2.05, 4.69) is 9.56 Å². The van der Waals surface area contributed by atoms with Gasteiger partial charge in [0.15, 0.2) is 4.80 Å². The van der Waals surface area contributed by atoms with E-state index in [0.29, 0.717) is 38.5 Å². The number of ether oxygens (including phenoxy) is 2. The van der Waals surface area contributed by atoms with E-state index in [9.17, 15) is 14.0 Å². The molecule has 7 nitrogen and oxygen atoms in total. The number of aromatic nitrogens is 2. The van der Waals surface area contributed by atoms with Gasteiger partial charge in [0.25, 0.3) is 5.56 Å². The highest BCUT2D eigenvalue weighted by Crippen LogP contribution is 2.32. The first-order valence-corrected chi connectivity index (χ1v) is 14.8. The largest absolute Gasteiger partial charge is 0.497 e. The van der Waals surface area contributed by atoms with Crippen molar-refractivity contribution in [1.29, 1.82) is 0 Å². The van der Waals surface area contributed by atoms with Crippen LogP contribution in [0.4, 0.5) is 4.39 Å². The molecule has 0 spiro atoms. The SMILES string of the molecule is CCOC(=O)C1=C(C)N=c2s/c(=C\c3c(C)n(Cc4ccccc4F)c4ccccc34)c(=O)n2[C@H]1c1ccc(OC)cc1. The fourth-order valence-electron chi connectivity index (χ4n) is 5.66. The van der Waals surface area contributed by atoms with Gasteiger partial charge in [-0.15, -0.1) is 0 Å². The van der Waals surface area contributed by atoms with Gasteiger partial charge < -0.3 is 14.0 Å². The normalized spacial score (nSPS) is 15.0. The number of rotatable bonds is 7. The lowest BCUT2D eigenvalue weighted by Gasteiger charge is -2.24. The van der Waals surface area contributed by atoms with E-state index < -0.39 is 12.0 Å². The molecular weight excluding hydrogens is 565 g/mol. The van der Waals surface area contributed by atoms with Gasteiger partial charge in [-0.25, -0.2) is 14.2 Å². The Morgan fingerprint density at radius 2 is 1.77 bits per heavy atom. The molecule has 0 unspecified atom stereocenters. The van der Waals surface area contributed by atoms with E-state index in [4.69, 9.17) is 9.47 Å². The first-order valence-electron chi connectivity index (χ1n) is 14.0. The Bertz CT molecular complexity index is 2090. The summed E-state index contributed by atoms with van der Waals surface area (Å²) in [4.78, 5) is 32.5. The Kier molecular flexibility index (Phi) is 7.58. The highest BCUT2D eigenvalue weighted by Gasteiger charge is 2.33. The number of para-hydroxylation sites is 1. The van der Waals surface area contributed by atoms with Crippen LogP contribution in [0.3, 0.4) is 0 Å². The van der Waals surface area contributed by atoms with Gasteiger partial charge in [0.05, 0.1) is 42.1 Å². The maximum Gasteiger partial charge on any atom is 0.338 e. The molecule has 43 heavy (non-hydrogen) atoms. The number of fused-ring (bicyclic) bond motifs is 2. The smallest absolute Gasteiger partial charge is 0.338 e. The van der Waals surface area contributed by atoms with Crippen LogP contribution >= 0.6 is 11.3 Å². The van der Waals surface area contributed by atoms with Crippen LogP contribution in [0, 0.1) is 12.7 Å². The fourth-order valence-corrected chi connectivity index (χ4v) is 6.69. The number of allylic oxidation sites excluding steroid dienone is 1. The number of thiazole rings is 1. The number of methoxy groups -OCH3 is 1. The van der Waals surface area contributed by atoms with Gasteiger partial charge >= 0.3 is 5.97 Å². The average Bonchev–Trinajstić information content (AvgIpc) is 3.46. The Morgan fingerprint density at radius 1 is 1.05 bits per heavy atom. The van der Waals surface area contributed by atoms with Gasteiger partial charge in [-0.3, -0.25) is 9.36 Å². The van der Waals surface area contributed by atoms with Crippen molar-refractivity contribution in [2.75, 3.05) is 13.7 Å². The second kappa shape index (κ2) is 11.5. The van der Waals surface area contributed by atoms with Crippen molar-refractivity contribution in [1.82, 2.24) is 9.13 Å². The van der Waals surface area contributed by atoms with E-state index in [-0.39, 0.29) is 18.0 Å². The lowest BCUT2D eigenvalue weighted by atomic mass is 9.96. The van der Waals surface area contributed by atoms with Gasteiger partial charge in [0, 0.05) is 27.7 Å². The minimum atomic E-state index is -0.716. The monoisotopic (exact) mass is 595 g/mol. The van der Waals surface area contributed by atoms with Crippen molar-refractivity contribution in [3.8, 4) is 5.75 Å². The minimum Gasteiger partial charge on any atom is -0.497 e. The summed E-state index contributed by atoms with van der Waals surface area (Å²) in [6.07, 6.45) is 1.88. The number of carbonyl (C=O) groups is 1. The molecule has 0 saturated heterocycles. The van der Waals surface area contributed by atoms with Crippen molar-refractivity contribution in [3.05, 3.63) is 132 Å². The fraction of sp³-hybridized carbons (Fsp3) is 0.206. The van der Waals surface area contributed by atoms with Crippen LogP contribution < -0.4 is 19.6 Å². The zero-order valence-corrected chi connectivity index (χ0v) is 25.1. The summed E-state index contributed by atoms with van der Waals surface area (Å²) in [6.45, 7) is 6.04. The van der Waals surface area contributed by atoms with Crippen LogP contribution in [-0.2, 0) is 16.1 Å². The molecule has 0 N–H and O–H groups in total. The molecule has 0 bridgehead atoms. The van der Waals surface area contributed by atoms with Crippen molar-refractivity contribution in [3.63, 3.8) is 0 Å². The topological polar surface area (TPSA) is 74.8 Å². The molecule has 3 aromatic carbocycles. The molecular formula is C34H30FN3O4S. The molecule has 0 saturated carbocycles. The van der Waals surface area contributed by atoms with Crippen molar-refractivity contribution in [2.45, 2.75) is 33.4 Å². The van der Waals surface area contributed by atoms with E-state index in [0.717, 1.165) is 27.7 Å². The summed E-state index contributed by atoms with van der Waals surface area (Å²) in [5.74, 6) is -0.108. The third-order valence-electron chi connectivity index (χ3n) is 7.79. The molecule has 0 radical (unpaired) electrons. The molecule has 2 aromatic heterocycles. The van der Waals surface area contributed by atoms with Crippen molar-refractivity contribution in [2.24, 2.45) is 4.99 Å². The van der Waals surface area contributed by atoms with Crippen molar-refractivity contribution < 1.29 is 18.7 Å². The molecule has 0 aliphatic carbocycles. The number of benzene rings is 3. The van der Waals surface area contributed by atoms with Gasteiger partial charge in [0.2, 0.25) is 0 Å². The predicted molar refractivity (Wildman–Crippen MR) is 166 cm³/mol. The summed E-state index contributed by atoms with van der Waals surface area (Å²) < 4.78 is 29.5. The van der Waals surface area contributed by atoms with Crippen LogP contribution in [0.2, 0.25) is 0 Å². The minimum absolute atomic E-state index is 0.200. The molecule has 6 rings (SSSR count). The molecule has 1 aliphatic heterocycles. The first kappa shape index (κ1) is 28.4. The molecule has 1 atom stereocenters. The van der Waals surface area contributed by atoms with Crippen LogP contribution in [0.5, 0.6) is 5.75 Å². The van der Waals surface area contributed by atoms with Gasteiger partial charge in [0.1, 0.15) is 11.6 Å². The van der Waals surface area contributed by atoms with E-state index in [1.54, 1.807) is 49.8 Å². The quantitative estimate of drug-likeness (QED) is 0.241. The highest BCUT2D eigenvalue weighted by molar-refractivity contribution is 7.07.